The van der Waals surface area contributed by atoms with Crippen molar-refractivity contribution in [3.63, 3.8) is 0 Å². The summed E-state index contributed by atoms with van der Waals surface area (Å²) >= 11 is 14.5. The molecular formula is C71H76Br3F3N12O15S3. The van der Waals surface area contributed by atoms with Crippen LogP contribution in [0, 0.1) is 17.5 Å². The van der Waals surface area contributed by atoms with Crippen LogP contribution in [0.3, 0.4) is 0 Å². The number of esters is 3. The molecule has 0 aliphatic carbocycles. The first-order valence-electron chi connectivity index (χ1n) is 33.9. The number of carboxylic acid groups (broad SMARTS) is 3. The molecule has 6 N–H and O–H groups in total. The summed E-state index contributed by atoms with van der Waals surface area (Å²) in [6.45, 7) is 9.65. The Bertz CT molecular complexity index is 4180. The van der Waals surface area contributed by atoms with Gasteiger partial charge in [-0.3, -0.25) is 44.1 Å². The second-order valence-corrected chi connectivity index (χ2v) is 29.9. The molecule has 0 radical (unpaired) electrons. The fraction of sp³-hybridized carbons (Fsp3) is 0.408. The Morgan fingerprint density at radius 1 is 0.495 bits per heavy atom. The number of nitrogens with zero attached hydrogens (tertiary/aromatic N) is 9. The van der Waals surface area contributed by atoms with Gasteiger partial charge in [-0.2, -0.15) is 0 Å². The normalized spacial score (nSPS) is 20.7. The third kappa shape index (κ3) is 22.4. The van der Waals surface area contributed by atoms with Crippen LogP contribution < -0.4 is 16.0 Å². The minimum Gasteiger partial charge on any atom is -0.481 e. The standard InChI is InChI=1S/2C24H26BrFN4O5S.C23H24BrFN4O5S/c2*1-2-34-24(33)20-18(13-30-8-9-35-15(12-30)4-6-19(31)32)28-22(23-27-7-10-36-23)29-21(20)16-5-3-14(26)11-17(16)25;1-33-23(32)19-17(12-29-7-8-34-14(11-29)3-5-18(30)31)27-21(22-26-6-9-35-22)28-20(19)15-4-2-13(25)10-16(15)24/h2*3,5,7,10-11,15,21H,2,4,6,8-9,12-13H2,1H3,(H,28,29)(H,31,32);2,4,6,9-10,14,20H,3,5,7-8,11-12H2,1H3,(H,27,28)(H,30,31)/t15-,21+;15-,21-;14-,20+/m101/s1. The van der Waals surface area contributed by atoms with E-state index in [1.807, 2.05) is 16.1 Å². The molecule has 0 amide bonds. The summed E-state index contributed by atoms with van der Waals surface area (Å²) in [5, 5.41) is 44.4. The van der Waals surface area contributed by atoms with Gasteiger partial charge in [0.2, 0.25) is 0 Å². The third-order valence-electron chi connectivity index (χ3n) is 17.3. The number of carbonyl (C=O) groups excluding carboxylic acids is 3. The maximum atomic E-state index is 13.9. The molecule has 9 heterocycles. The van der Waals surface area contributed by atoms with Crippen molar-refractivity contribution in [3.05, 3.63) is 186 Å². The molecule has 0 unspecified atom stereocenters. The third-order valence-corrected chi connectivity index (χ3v) is 21.7. The van der Waals surface area contributed by atoms with Gasteiger partial charge in [-0.25, -0.2) is 42.5 Å². The van der Waals surface area contributed by atoms with Gasteiger partial charge in [0, 0.05) is 143 Å². The molecule has 6 aromatic rings. The van der Waals surface area contributed by atoms with Gasteiger partial charge in [0.25, 0.3) is 0 Å². The van der Waals surface area contributed by atoms with Crippen molar-refractivity contribution in [3.8, 4) is 0 Å². The van der Waals surface area contributed by atoms with E-state index in [0.717, 1.165) is 0 Å². The largest absolute Gasteiger partial charge is 0.481 e. The summed E-state index contributed by atoms with van der Waals surface area (Å²) in [7, 11) is 1.31. The number of morpholine rings is 3. The van der Waals surface area contributed by atoms with Crippen LogP contribution in [0.25, 0.3) is 0 Å². The smallest absolute Gasteiger partial charge is 0.338 e. The van der Waals surface area contributed by atoms with Gasteiger partial charge < -0.3 is 59.7 Å². The molecule has 36 heteroatoms. The monoisotopic (exact) mass is 1730 g/mol. The fourth-order valence-electron chi connectivity index (χ4n) is 12.4. The van der Waals surface area contributed by atoms with Gasteiger partial charge in [0.1, 0.15) is 35.6 Å². The van der Waals surface area contributed by atoms with E-state index in [2.05, 4.69) is 93.4 Å². The number of hydrogen-bond acceptors (Lipinski definition) is 27. The molecule has 3 saturated heterocycles. The van der Waals surface area contributed by atoms with E-state index in [-0.39, 0.29) is 50.8 Å². The van der Waals surface area contributed by atoms with Crippen LogP contribution in [0.2, 0.25) is 0 Å². The number of ether oxygens (including phenoxy) is 6. The minimum atomic E-state index is -0.868. The number of rotatable bonds is 26. The molecular weight excluding hydrogens is 1650 g/mol. The zero-order valence-corrected chi connectivity index (χ0v) is 65.2. The van der Waals surface area contributed by atoms with Crippen molar-refractivity contribution in [1.29, 1.82) is 0 Å². The number of carbonyl (C=O) groups is 6. The van der Waals surface area contributed by atoms with Crippen LogP contribution in [0.5, 0.6) is 0 Å². The number of hydrogen-bond donors (Lipinski definition) is 6. The zero-order valence-electron chi connectivity index (χ0n) is 58.0. The van der Waals surface area contributed by atoms with Gasteiger partial charge >= 0.3 is 35.8 Å². The summed E-state index contributed by atoms with van der Waals surface area (Å²) in [5.41, 5.74) is 4.63. The minimum absolute atomic E-state index is 0.0222. The van der Waals surface area contributed by atoms with E-state index in [1.165, 1.54) is 77.5 Å². The summed E-state index contributed by atoms with van der Waals surface area (Å²) in [6, 6.07) is 10.5. The van der Waals surface area contributed by atoms with Crippen molar-refractivity contribution < 1.29 is 85.7 Å². The second-order valence-electron chi connectivity index (χ2n) is 24.6. The molecule has 3 fully saturated rings. The predicted molar refractivity (Wildman–Crippen MR) is 401 cm³/mol. The first-order chi connectivity index (χ1) is 51.6. The van der Waals surface area contributed by atoms with Crippen LogP contribution >= 0.6 is 81.8 Å². The summed E-state index contributed by atoms with van der Waals surface area (Å²) in [6.07, 6.45) is 5.62. The summed E-state index contributed by atoms with van der Waals surface area (Å²) in [4.78, 5) is 106. The number of benzene rings is 3. The molecule has 570 valence electrons. The van der Waals surface area contributed by atoms with E-state index in [0.29, 0.717) is 194 Å². The second kappa shape index (κ2) is 39.4. The van der Waals surface area contributed by atoms with Gasteiger partial charge in [-0.15, -0.1) is 34.0 Å². The van der Waals surface area contributed by atoms with Gasteiger partial charge in [-0.05, 0) is 86.2 Å². The highest BCUT2D eigenvalue weighted by Crippen LogP contribution is 2.41. The van der Waals surface area contributed by atoms with Gasteiger partial charge in [0.15, 0.2) is 32.5 Å². The maximum Gasteiger partial charge on any atom is 0.338 e. The number of halogens is 6. The molecule has 3 aromatic heterocycles. The highest BCUT2D eigenvalue weighted by atomic mass is 79.9. The van der Waals surface area contributed by atoms with Crippen molar-refractivity contribution in [2.75, 3.05) is 99.0 Å². The number of aliphatic carboxylic acids is 3. The van der Waals surface area contributed by atoms with Crippen LogP contribution in [0.1, 0.15) is 102 Å². The lowest BCUT2D eigenvalue weighted by Crippen LogP contribution is -2.46. The Balaban J connectivity index is 0.000000172. The lowest BCUT2D eigenvalue weighted by Gasteiger charge is -2.35. The number of methoxy groups -OCH3 is 1. The van der Waals surface area contributed by atoms with E-state index >= 15 is 0 Å². The first-order valence-corrected chi connectivity index (χ1v) is 39.0. The Hall–Kier alpha value is -8.01. The molecule has 12 rings (SSSR count). The van der Waals surface area contributed by atoms with Crippen LogP contribution in [-0.4, -0.2) is 216 Å². The number of amidine groups is 3. The molecule has 6 aliphatic heterocycles. The zero-order chi connectivity index (χ0) is 76.3. The highest BCUT2D eigenvalue weighted by molar-refractivity contribution is 9.11. The Morgan fingerprint density at radius 2 is 0.794 bits per heavy atom. The quantitative estimate of drug-likeness (QED) is 0.0217. The van der Waals surface area contributed by atoms with Crippen molar-refractivity contribution in [2.45, 2.75) is 88.8 Å². The molecule has 6 aliphatic rings. The lowest BCUT2D eigenvalue weighted by atomic mass is 9.95. The maximum absolute atomic E-state index is 13.9. The average Bonchev–Trinajstić information content (AvgIpc) is 1.75. The molecule has 0 spiro atoms. The van der Waals surface area contributed by atoms with Gasteiger partial charge in [-0.1, -0.05) is 66.0 Å². The molecule has 3 aromatic carbocycles. The molecule has 0 saturated carbocycles. The van der Waals surface area contributed by atoms with E-state index in [4.69, 9.17) is 58.7 Å². The number of carboxylic acids is 3. The van der Waals surface area contributed by atoms with E-state index in [9.17, 15) is 41.9 Å². The predicted octanol–water partition coefficient (Wildman–Crippen LogP) is 10.2. The molecule has 0 bridgehead atoms. The Kier molecular flexibility index (Phi) is 30.0. The van der Waals surface area contributed by atoms with E-state index < -0.39 is 71.4 Å². The Labute approximate surface area is 650 Å². The summed E-state index contributed by atoms with van der Waals surface area (Å²) in [5.74, 6) is -3.91. The number of aromatic nitrogens is 3. The van der Waals surface area contributed by atoms with Crippen molar-refractivity contribution >= 4 is 135 Å². The molecule has 27 nitrogen and oxygen atoms in total. The van der Waals surface area contributed by atoms with Gasteiger partial charge in [0.05, 0.1) is 75.2 Å². The first kappa shape index (κ1) is 81.5. The fourth-order valence-corrected chi connectivity index (χ4v) is 15.9. The van der Waals surface area contributed by atoms with Crippen LogP contribution in [-0.2, 0) is 57.2 Å². The summed E-state index contributed by atoms with van der Waals surface area (Å²) < 4.78 is 76.2. The van der Waals surface area contributed by atoms with Crippen molar-refractivity contribution in [2.24, 2.45) is 15.0 Å². The van der Waals surface area contributed by atoms with E-state index in [1.54, 1.807) is 50.6 Å². The number of nitrogens with one attached hydrogen (secondary N) is 3. The van der Waals surface area contributed by atoms with Crippen LogP contribution in [0.4, 0.5) is 13.2 Å². The highest BCUT2D eigenvalue weighted by Gasteiger charge is 2.40. The molecule has 6 atom stereocenters. The van der Waals surface area contributed by atoms with Crippen molar-refractivity contribution in [1.82, 2.24) is 45.6 Å². The Morgan fingerprint density at radius 3 is 1.05 bits per heavy atom. The SMILES string of the molecule is CCOC(=O)C1=C(CN2CCO[C@@H](CCC(=O)O)C2)NC(c2nccs2)=N[C@H]1c1ccc(F)cc1Br.CCOC(=O)C1=C(CN2CCO[C@H](CCC(=O)O)C2)NC(c2nccs2)=N[C@H]1c1ccc(F)cc1Br.COC(=O)C1=C(CN2CCO[C@H](CCC(=O)O)C2)NC(c2nccs2)=N[C@H]1c1ccc(F)cc1Br. The topological polar surface area (TPSA) is 340 Å². The lowest BCUT2D eigenvalue weighted by molar-refractivity contribution is -0.140. The number of aliphatic imine (C=N–C) groups is 3. The van der Waals surface area contributed by atoms with Crippen LogP contribution in [0.15, 0.2) is 152 Å². The molecule has 107 heavy (non-hydrogen) atoms. The average molecular weight is 1730 g/mol. The number of thiazole rings is 3.